The van der Waals surface area contributed by atoms with Gasteiger partial charge in [-0.15, -0.1) is 0 Å². The largest absolute Gasteiger partial charge is 0.477 e. The summed E-state index contributed by atoms with van der Waals surface area (Å²) < 4.78 is 44.6. The molecule has 1 aromatic carbocycles. The highest BCUT2D eigenvalue weighted by Gasteiger charge is 2.34. The quantitative estimate of drug-likeness (QED) is 0.610. The Morgan fingerprint density at radius 2 is 1.96 bits per heavy atom. The van der Waals surface area contributed by atoms with Crippen molar-refractivity contribution in [3.63, 3.8) is 0 Å². The van der Waals surface area contributed by atoms with Crippen LogP contribution in [-0.2, 0) is 17.1 Å². The fourth-order valence-corrected chi connectivity index (χ4v) is 4.63. The van der Waals surface area contributed by atoms with E-state index in [1.807, 2.05) is 0 Å². The molecule has 10 nitrogen and oxygen atoms in total. The van der Waals surface area contributed by atoms with Crippen LogP contribution < -0.4 is 15.2 Å². The second-order valence-electron chi connectivity index (χ2n) is 6.32. The van der Waals surface area contributed by atoms with Crippen molar-refractivity contribution in [2.75, 3.05) is 20.2 Å². The number of nitrogens with zero attached hydrogens (tertiary/aromatic N) is 4. The van der Waals surface area contributed by atoms with Crippen LogP contribution in [0.3, 0.4) is 0 Å². The first kappa shape index (κ1) is 18.4. The standard InChI is InChI=1S/C17H18N4O6S/c1-20-13-9-12(3-4-14(13)27-17(20)22)28(23,24)21-8-5-11(10-21)26-16-15(25-2)18-6-7-19-16/h3-4,6-7,9,11H,5,8,10H2,1-2H3. The third-order valence-electron chi connectivity index (χ3n) is 4.61. The molecule has 0 bridgehead atoms. The lowest BCUT2D eigenvalue weighted by Crippen LogP contribution is -2.31. The van der Waals surface area contributed by atoms with Crippen molar-refractivity contribution in [1.82, 2.24) is 18.8 Å². The van der Waals surface area contributed by atoms with Gasteiger partial charge in [-0.05, 0) is 24.6 Å². The molecule has 1 aliphatic heterocycles. The lowest BCUT2D eigenvalue weighted by atomic mass is 10.3. The van der Waals surface area contributed by atoms with Gasteiger partial charge in [0.2, 0.25) is 10.0 Å². The molecule has 1 unspecified atom stereocenters. The van der Waals surface area contributed by atoms with Crippen LogP contribution in [0.5, 0.6) is 11.8 Å². The molecule has 3 aromatic rings. The predicted octanol–water partition coefficient (Wildman–Crippen LogP) is 0.772. The summed E-state index contributed by atoms with van der Waals surface area (Å²) in [7, 11) is -0.763. The monoisotopic (exact) mass is 406 g/mol. The van der Waals surface area contributed by atoms with E-state index in [1.165, 1.54) is 53.6 Å². The number of aromatic nitrogens is 3. The maximum Gasteiger partial charge on any atom is 0.419 e. The van der Waals surface area contributed by atoms with Crippen LogP contribution >= 0.6 is 0 Å². The van der Waals surface area contributed by atoms with E-state index in [4.69, 9.17) is 13.9 Å². The van der Waals surface area contributed by atoms with E-state index in [1.54, 1.807) is 0 Å². The van der Waals surface area contributed by atoms with Crippen molar-refractivity contribution in [2.45, 2.75) is 17.4 Å². The summed E-state index contributed by atoms with van der Waals surface area (Å²) >= 11 is 0. The molecule has 4 rings (SSSR count). The number of methoxy groups -OCH3 is 1. The van der Waals surface area contributed by atoms with Gasteiger partial charge in [0.15, 0.2) is 5.58 Å². The number of rotatable bonds is 5. The Labute approximate surface area is 160 Å². The molecule has 11 heteroatoms. The van der Waals surface area contributed by atoms with E-state index in [-0.39, 0.29) is 29.3 Å². The molecular formula is C17H18N4O6S. The first-order valence-electron chi connectivity index (χ1n) is 8.51. The highest BCUT2D eigenvalue weighted by atomic mass is 32.2. The normalized spacial score (nSPS) is 17.9. The first-order chi connectivity index (χ1) is 13.4. The number of hydrogen-bond acceptors (Lipinski definition) is 8. The number of benzene rings is 1. The van der Waals surface area contributed by atoms with Gasteiger partial charge in [0.25, 0.3) is 11.8 Å². The summed E-state index contributed by atoms with van der Waals surface area (Å²) in [5, 5.41) is 0. The van der Waals surface area contributed by atoms with Gasteiger partial charge in [-0.25, -0.2) is 23.2 Å². The molecular weight excluding hydrogens is 388 g/mol. The molecule has 28 heavy (non-hydrogen) atoms. The Morgan fingerprint density at radius 1 is 1.21 bits per heavy atom. The van der Waals surface area contributed by atoms with E-state index in [0.717, 1.165) is 0 Å². The highest BCUT2D eigenvalue weighted by Crippen LogP contribution is 2.28. The molecule has 0 spiro atoms. The Kier molecular flexibility index (Phi) is 4.55. The molecule has 2 aromatic heterocycles. The highest BCUT2D eigenvalue weighted by molar-refractivity contribution is 7.89. The maximum atomic E-state index is 13.0. The summed E-state index contributed by atoms with van der Waals surface area (Å²) in [6.45, 7) is 0.475. The van der Waals surface area contributed by atoms with Crippen LogP contribution in [0.1, 0.15) is 6.42 Å². The van der Waals surface area contributed by atoms with E-state index in [0.29, 0.717) is 24.1 Å². The number of oxazole rings is 1. The molecule has 1 fully saturated rings. The zero-order chi connectivity index (χ0) is 19.9. The minimum absolute atomic E-state index is 0.0918. The zero-order valence-electron chi connectivity index (χ0n) is 15.2. The topological polar surface area (TPSA) is 117 Å². The SMILES string of the molecule is COc1nccnc1OC1CCN(S(=O)(=O)c2ccc3oc(=O)n(C)c3c2)C1. The Balaban J connectivity index is 1.56. The van der Waals surface area contributed by atoms with E-state index in [2.05, 4.69) is 9.97 Å². The number of aryl methyl sites for hydroxylation is 1. The third-order valence-corrected chi connectivity index (χ3v) is 6.47. The third kappa shape index (κ3) is 3.12. The van der Waals surface area contributed by atoms with Crippen LogP contribution in [0.2, 0.25) is 0 Å². The fraction of sp³-hybridized carbons (Fsp3) is 0.353. The number of fused-ring (bicyclic) bond motifs is 1. The average molecular weight is 406 g/mol. The summed E-state index contributed by atoms with van der Waals surface area (Å²) in [5.41, 5.74) is 0.756. The van der Waals surface area contributed by atoms with Crippen LogP contribution in [0.25, 0.3) is 11.1 Å². The van der Waals surface area contributed by atoms with E-state index >= 15 is 0 Å². The molecule has 1 aliphatic rings. The Hall–Kier alpha value is -2.92. The van der Waals surface area contributed by atoms with Crippen molar-refractivity contribution in [2.24, 2.45) is 7.05 Å². The van der Waals surface area contributed by atoms with Crippen molar-refractivity contribution < 1.29 is 22.3 Å². The second kappa shape index (κ2) is 6.91. The number of hydrogen-bond donors (Lipinski definition) is 0. The van der Waals surface area contributed by atoms with Gasteiger partial charge < -0.3 is 13.9 Å². The lowest BCUT2D eigenvalue weighted by molar-refractivity contribution is 0.194. The maximum absolute atomic E-state index is 13.0. The summed E-state index contributed by atoms with van der Waals surface area (Å²) in [6.07, 6.45) is 3.09. The molecule has 0 amide bonds. The Morgan fingerprint density at radius 3 is 2.71 bits per heavy atom. The smallest absolute Gasteiger partial charge is 0.419 e. The molecule has 1 saturated heterocycles. The van der Waals surface area contributed by atoms with E-state index < -0.39 is 15.8 Å². The van der Waals surface area contributed by atoms with Crippen molar-refractivity contribution in [3.8, 4) is 11.8 Å². The van der Waals surface area contributed by atoms with Gasteiger partial charge in [-0.2, -0.15) is 4.31 Å². The molecule has 0 saturated carbocycles. The molecule has 1 atom stereocenters. The minimum Gasteiger partial charge on any atom is -0.477 e. The molecule has 0 radical (unpaired) electrons. The van der Waals surface area contributed by atoms with Gasteiger partial charge in [0, 0.05) is 26.0 Å². The first-order valence-corrected chi connectivity index (χ1v) is 9.95. The van der Waals surface area contributed by atoms with Gasteiger partial charge in [-0.3, -0.25) is 4.57 Å². The van der Waals surface area contributed by atoms with Crippen LogP contribution in [0, 0.1) is 0 Å². The average Bonchev–Trinajstić information content (AvgIpc) is 3.27. The molecule has 148 valence electrons. The lowest BCUT2D eigenvalue weighted by Gasteiger charge is -2.17. The molecule has 0 N–H and O–H groups in total. The summed E-state index contributed by atoms with van der Waals surface area (Å²) in [4.78, 5) is 19.8. The van der Waals surface area contributed by atoms with E-state index in [9.17, 15) is 13.2 Å². The second-order valence-corrected chi connectivity index (χ2v) is 8.26. The van der Waals surface area contributed by atoms with Gasteiger partial charge in [0.1, 0.15) is 6.10 Å². The van der Waals surface area contributed by atoms with Crippen LogP contribution in [0.4, 0.5) is 0 Å². The molecule has 0 aliphatic carbocycles. The number of sulfonamides is 1. The van der Waals surface area contributed by atoms with Gasteiger partial charge in [-0.1, -0.05) is 0 Å². The van der Waals surface area contributed by atoms with Gasteiger partial charge >= 0.3 is 5.76 Å². The van der Waals surface area contributed by atoms with Crippen LogP contribution in [-0.4, -0.2) is 53.6 Å². The van der Waals surface area contributed by atoms with Crippen molar-refractivity contribution >= 4 is 21.1 Å². The summed E-state index contributed by atoms with van der Waals surface area (Å²) in [5.74, 6) is -0.0729. The number of ether oxygens (including phenoxy) is 2. The molecule has 3 heterocycles. The van der Waals surface area contributed by atoms with Gasteiger partial charge in [0.05, 0.1) is 24.1 Å². The van der Waals surface area contributed by atoms with Crippen molar-refractivity contribution in [1.29, 1.82) is 0 Å². The van der Waals surface area contributed by atoms with Crippen LogP contribution in [0.15, 0.2) is 44.7 Å². The minimum atomic E-state index is -3.75. The summed E-state index contributed by atoms with van der Waals surface area (Å²) in [6, 6.07) is 4.36. The predicted molar refractivity (Wildman–Crippen MR) is 97.8 cm³/mol. The Bertz CT molecular complexity index is 1190. The fourth-order valence-electron chi connectivity index (χ4n) is 3.12. The zero-order valence-corrected chi connectivity index (χ0v) is 16.0. The van der Waals surface area contributed by atoms with Crippen molar-refractivity contribution in [3.05, 3.63) is 41.1 Å².